The van der Waals surface area contributed by atoms with E-state index in [4.69, 9.17) is 5.11 Å². The Kier molecular flexibility index (Phi) is 4.55. The average Bonchev–Trinajstić information content (AvgIpc) is 1.80. The Balaban J connectivity index is 0. The van der Waals surface area contributed by atoms with Crippen molar-refractivity contribution >= 4 is 5.97 Å². The third kappa shape index (κ3) is 3.87. The van der Waals surface area contributed by atoms with Crippen LogP contribution in [0.25, 0.3) is 0 Å². The molecule has 0 radical (unpaired) electrons. The van der Waals surface area contributed by atoms with Gasteiger partial charge < -0.3 is 11.3 Å². The van der Waals surface area contributed by atoms with Gasteiger partial charge in [-0.3, -0.25) is 0 Å². The molecule has 15 heavy (non-hydrogen) atoms. The Hall–Kier alpha value is -1.10. The number of halogens is 7. The van der Waals surface area contributed by atoms with E-state index in [9.17, 15) is 35.5 Å². The number of alkyl halides is 7. The molecule has 4 nitrogen and oxygen atoms in total. The lowest BCUT2D eigenvalue weighted by Crippen LogP contribution is -2.47. The summed E-state index contributed by atoms with van der Waals surface area (Å²) in [5.74, 6) is -3.25. The molecule has 0 aromatic carbocycles. The standard InChI is InChI=1S/C4HF7O3.H3N/c5-2(6,1(12)13)14-4(10,11)3(7,8)9;/h(H,12,13);1H3. The lowest BCUT2D eigenvalue weighted by Gasteiger charge is -2.22. The highest BCUT2D eigenvalue weighted by molar-refractivity contribution is 5.73. The van der Waals surface area contributed by atoms with Crippen LogP contribution in [0.15, 0.2) is 0 Å². The molecule has 0 fully saturated rings. The Labute approximate surface area is 77.2 Å². The van der Waals surface area contributed by atoms with Crippen LogP contribution < -0.4 is 6.15 Å². The van der Waals surface area contributed by atoms with E-state index in [0.717, 1.165) is 0 Å². The highest BCUT2D eigenvalue weighted by atomic mass is 19.4. The fraction of sp³-hybridized carbons (Fsp3) is 0.750. The number of aliphatic carboxylic acids is 1. The molecule has 0 bridgehead atoms. The predicted octanol–water partition coefficient (Wildman–Crippen LogP) is 2.00. The van der Waals surface area contributed by atoms with E-state index in [1.54, 1.807) is 0 Å². The lowest BCUT2D eigenvalue weighted by atomic mass is 10.5. The van der Waals surface area contributed by atoms with Crippen LogP contribution in [-0.2, 0) is 9.53 Å². The maximum Gasteiger partial charge on any atom is 0.483 e. The number of hydrogen-bond donors (Lipinski definition) is 2. The minimum Gasteiger partial charge on any atom is -0.475 e. The Bertz CT molecular complexity index is 237. The molecular formula is C4H4F7NO3. The van der Waals surface area contributed by atoms with Crippen LogP contribution in [0.2, 0.25) is 0 Å². The minimum absolute atomic E-state index is 0. The second-order valence-electron chi connectivity index (χ2n) is 1.94. The van der Waals surface area contributed by atoms with Gasteiger partial charge in [0.25, 0.3) is 0 Å². The molecule has 0 amide bonds. The van der Waals surface area contributed by atoms with Crippen molar-refractivity contribution in [2.24, 2.45) is 0 Å². The first-order valence-corrected chi connectivity index (χ1v) is 2.66. The molecule has 0 aliphatic heterocycles. The second kappa shape index (κ2) is 4.18. The first-order valence-electron chi connectivity index (χ1n) is 2.66. The van der Waals surface area contributed by atoms with Gasteiger partial charge in [-0.2, -0.15) is 30.7 Å². The summed E-state index contributed by atoms with van der Waals surface area (Å²) < 4.78 is 82.5. The molecule has 11 heteroatoms. The molecule has 0 saturated carbocycles. The smallest absolute Gasteiger partial charge is 0.475 e. The van der Waals surface area contributed by atoms with Gasteiger partial charge in [-0.05, 0) is 0 Å². The molecule has 4 N–H and O–H groups in total. The van der Waals surface area contributed by atoms with Crippen molar-refractivity contribution in [3.63, 3.8) is 0 Å². The monoisotopic (exact) mass is 247 g/mol. The molecule has 92 valence electrons. The molecule has 0 unspecified atom stereocenters. The van der Waals surface area contributed by atoms with Gasteiger partial charge in [-0.1, -0.05) is 0 Å². The third-order valence-electron chi connectivity index (χ3n) is 0.835. The molecule has 0 rings (SSSR count). The molecule has 0 heterocycles. The SMILES string of the molecule is N.O=C(O)C(F)(F)OC(F)(F)C(F)(F)F. The van der Waals surface area contributed by atoms with E-state index >= 15 is 0 Å². The van der Waals surface area contributed by atoms with Crippen LogP contribution in [0, 0.1) is 0 Å². The molecule has 0 aliphatic rings. The minimum atomic E-state index is -6.41. The highest BCUT2D eigenvalue weighted by Crippen LogP contribution is 2.40. The zero-order chi connectivity index (χ0) is 11.8. The van der Waals surface area contributed by atoms with Gasteiger partial charge >= 0.3 is 24.4 Å². The fourth-order valence-corrected chi connectivity index (χ4v) is 0.263. The average molecular weight is 247 g/mol. The van der Waals surface area contributed by atoms with Crippen LogP contribution in [0.5, 0.6) is 0 Å². The van der Waals surface area contributed by atoms with Crippen molar-refractivity contribution in [3.05, 3.63) is 0 Å². The van der Waals surface area contributed by atoms with Gasteiger partial charge in [-0.25, -0.2) is 9.53 Å². The van der Waals surface area contributed by atoms with Crippen molar-refractivity contribution in [1.29, 1.82) is 0 Å². The Morgan fingerprint density at radius 1 is 1.00 bits per heavy atom. The van der Waals surface area contributed by atoms with Crippen molar-refractivity contribution < 1.29 is 45.4 Å². The summed E-state index contributed by atoms with van der Waals surface area (Å²) in [6.07, 6.45) is -18.3. The number of hydrogen-bond acceptors (Lipinski definition) is 3. The zero-order valence-corrected chi connectivity index (χ0v) is 6.62. The topological polar surface area (TPSA) is 81.5 Å². The molecule has 0 aliphatic carbocycles. The number of rotatable bonds is 3. The maximum absolute atomic E-state index is 11.8. The maximum atomic E-state index is 11.8. The van der Waals surface area contributed by atoms with Gasteiger partial charge in [0.15, 0.2) is 0 Å². The van der Waals surface area contributed by atoms with Gasteiger partial charge in [0.05, 0.1) is 0 Å². The summed E-state index contributed by atoms with van der Waals surface area (Å²) in [6, 6.07) is 0. The number of carbonyl (C=O) groups is 1. The van der Waals surface area contributed by atoms with E-state index in [0.29, 0.717) is 0 Å². The molecule has 0 aromatic rings. The Morgan fingerprint density at radius 2 is 1.33 bits per heavy atom. The van der Waals surface area contributed by atoms with E-state index in [2.05, 4.69) is 0 Å². The lowest BCUT2D eigenvalue weighted by molar-refractivity contribution is -0.447. The summed E-state index contributed by atoms with van der Waals surface area (Å²) in [6.45, 7) is 0. The third-order valence-corrected chi connectivity index (χ3v) is 0.835. The van der Waals surface area contributed by atoms with Crippen molar-refractivity contribution in [2.75, 3.05) is 0 Å². The number of carboxylic acid groups (broad SMARTS) is 1. The van der Waals surface area contributed by atoms with Gasteiger partial charge in [0.2, 0.25) is 0 Å². The molecule has 0 atom stereocenters. The van der Waals surface area contributed by atoms with E-state index in [-0.39, 0.29) is 6.15 Å². The molecule has 0 aromatic heterocycles. The summed E-state index contributed by atoms with van der Waals surface area (Å²) in [4.78, 5) is 9.45. The van der Waals surface area contributed by atoms with E-state index < -0.39 is 24.4 Å². The highest BCUT2D eigenvalue weighted by Gasteiger charge is 2.65. The Morgan fingerprint density at radius 3 is 1.53 bits per heavy atom. The van der Waals surface area contributed by atoms with Crippen LogP contribution in [0.1, 0.15) is 0 Å². The number of ether oxygens (including phenoxy) is 1. The van der Waals surface area contributed by atoms with Gasteiger partial charge in [-0.15, -0.1) is 0 Å². The quantitative estimate of drug-likeness (QED) is 0.747. The van der Waals surface area contributed by atoms with Crippen LogP contribution in [0.4, 0.5) is 30.7 Å². The van der Waals surface area contributed by atoms with Crippen LogP contribution in [0.3, 0.4) is 0 Å². The first kappa shape index (κ1) is 16.3. The summed E-state index contributed by atoms with van der Waals surface area (Å²) in [5, 5.41) is 7.49. The summed E-state index contributed by atoms with van der Waals surface area (Å²) in [7, 11) is 0. The molecular weight excluding hydrogens is 243 g/mol. The van der Waals surface area contributed by atoms with Crippen molar-refractivity contribution in [1.82, 2.24) is 6.15 Å². The zero-order valence-electron chi connectivity index (χ0n) is 6.62. The fourth-order valence-electron chi connectivity index (χ4n) is 0.263. The molecule has 0 saturated heterocycles. The van der Waals surface area contributed by atoms with Crippen LogP contribution in [-0.4, -0.2) is 29.5 Å². The van der Waals surface area contributed by atoms with Gasteiger partial charge in [0, 0.05) is 0 Å². The number of carboxylic acids is 1. The van der Waals surface area contributed by atoms with Crippen LogP contribution >= 0.6 is 0 Å². The normalized spacial score (nSPS) is 13.3. The van der Waals surface area contributed by atoms with E-state index in [1.165, 1.54) is 0 Å². The first-order chi connectivity index (χ1) is 5.90. The largest absolute Gasteiger partial charge is 0.483 e. The second-order valence-corrected chi connectivity index (χ2v) is 1.94. The van der Waals surface area contributed by atoms with Crippen molar-refractivity contribution in [2.45, 2.75) is 18.4 Å². The summed E-state index contributed by atoms with van der Waals surface area (Å²) >= 11 is 0. The van der Waals surface area contributed by atoms with E-state index in [1.807, 2.05) is 4.74 Å². The van der Waals surface area contributed by atoms with Crippen molar-refractivity contribution in [3.8, 4) is 0 Å². The predicted molar refractivity (Wildman–Crippen MR) is 29.7 cm³/mol. The summed E-state index contributed by atoms with van der Waals surface area (Å²) in [5.41, 5.74) is 0. The molecule has 0 spiro atoms. The van der Waals surface area contributed by atoms with Gasteiger partial charge in [0.1, 0.15) is 0 Å².